The molecule has 0 bridgehead atoms. The molecule has 0 fully saturated rings. The molecule has 1 amide bonds. The van der Waals surface area contributed by atoms with Crippen molar-refractivity contribution in [3.63, 3.8) is 0 Å². The molecule has 0 atom stereocenters. The second-order valence-corrected chi connectivity index (χ2v) is 4.74. The summed E-state index contributed by atoms with van der Waals surface area (Å²) in [6.07, 6.45) is -3.20. The number of nitrogens with zero attached hydrogens (tertiary/aromatic N) is 1. The molecule has 0 radical (unpaired) electrons. The van der Waals surface area contributed by atoms with Gasteiger partial charge in [-0.05, 0) is 46.3 Å². The molecule has 1 aromatic carbocycles. The average Bonchev–Trinajstić information content (AvgIpc) is 2.40. The molecule has 0 unspecified atom stereocenters. The summed E-state index contributed by atoms with van der Waals surface area (Å²) in [5.74, 6) is -1.73. The lowest BCUT2D eigenvalue weighted by molar-refractivity contribution is -0.137. The molecule has 1 heterocycles. The lowest BCUT2D eigenvalue weighted by Crippen LogP contribution is -2.15. The van der Waals surface area contributed by atoms with Gasteiger partial charge in [0.05, 0.1) is 16.8 Å². The molecular weight excluding hydrogens is 356 g/mol. The first-order valence-electron chi connectivity index (χ1n) is 5.57. The molecule has 21 heavy (non-hydrogen) atoms. The van der Waals surface area contributed by atoms with E-state index in [0.29, 0.717) is 18.2 Å². The first kappa shape index (κ1) is 15.4. The van der Waals surface area contributed by atoms with Gasteiger partial charge in [0.1, 0.15) is 10.4 Å². The van der Waals surface area contributed by atoms with Crippen LogP contribution in [-0.4, -0.2) is 10.9 Å². The number of hydrogen-bond acceptors (Lipinski definition) is 2. The number of hydrogen-bond donors (Lipinski definition) is 1. The van der Waals surface area contributed by atoms with Crippen LogP contribution in [0, 0.1) is 5.82 Å². The van der Waals surface area contributed by atoms with E-state index in [9.17, 15) is 22.4 Å². The van der Waals surface area contributed by atoms with E-state index in [1.165, 1.54) is 18.3 Å². The molecule has 8 heteroatoms. The number of carbonyl (C=O) groups is 1. The average molecular weight is 363 g/mol. The Kier molecular flexibility index (Phi) is 4.26. The number of anilines is 1. The fourth-order valence-electron chi connectivity index (χ4n) is 1.54. The number of alkyl halides is 3. The van der Waals surface area contributed by atoms with Crippen molar-refractivity contribution in [3.05, 3.63) is 58.1 Å². The summed E-state index contributed by atoms with van der Waals surface area (Å²) in [4.78, 5) is 15.7. The van der Waals surface area contributed by atoms with Crippen molar-refractivity contribution in [3.8, 4) is 0 Å². The first-order valence-corrected chi connectivity index (χ1v) is 6.37. The van der Waals surface area contributed by atoms with Crippen LogP contribution in [0.1, 0.15) is 15.9 Å². The zero-order valence-corrected chi connectivity index (χ0v) is 11.8. The summed E-state index contributed by atoms with van der Waals surface area (Å²) >= 11 is 3.03. The Morgan fingerprint density at radius 3 is 2.57 bits per heavy atom. The molecule has 0 spiro atoms. The van der Waals surface area contributed by atoms with Gasteiger partial charge in [-0.2, -0.15) is 13.2 Å². The van der Waals surface area contributed by atoms with Gasteiger partial charge in [0.2, 0.25) is 0 Å². The lowest BCUT2D eigenvalue weighted by Gasteiger charge is -2.11. The Hall–Kier alpha value is -1.96. The van der Waals surface area contributed by atoms with Crippen LogP contribution in [0.3, 0.4) is 0 Å². The summed E-state index contributed by atoms with van der Waals surface area (Å²) in [5, 5.41) is 2.10. The predicted molar refractivity (Wildman–Crippen MR) is 71.3 cm³/mol. The topological polar surface area (TPSA) is 42.0 Å². The number of benzene rings is 1. The summed E-state index contributed by atoms with van der Waals surface area (Å²) in [5.41, 5.74) is -1.52. The van der Waals surface area contributed by atoms with Gasteiger partial charge in [-0.25, -0.2) is 9.37 Å². The Morgan fingerprint density at radius 2 is 1.95 bits per heavy atom. The maximum atomic E-state index is 13.5. The Labute approximate surface area is 125 Å². The number of pyridine rings is 1. The molecule has 0 saturated carbocycles. The van der Waals surface area contributed by atoms with Gasteiger partial charge < -0.3 is 5.32 Å². The molecule has 3 nitrogen and oxygen atoms in total. The minimum absolute atomic E-state index is 0.0781. The fraction of sp³-hybridized carbons (Fsp3) is 0.0769. The molecule has 1 aromatic heterocycles. The van der Waals surface area contributed by atoms with E-state index in [1.54, 1.807) is 0 Å². The zero-order valence-electron chi connectivity index (χ0n) is 10.2. The molecular formula is C13H7BrF4N2O. The molecule has 0 aliphatic carbocycles. The smallest absolute Gasteiger partial charge is 0.319 e. The Bertz CT molecular complexity index is 688. The summed E-state index contributed by atoms with van der Waals surface area (Å²) in [6.45, 7) is 0. The maximum absolute atomic E-state index is 13.5. The monoisotopic (exact) mass is 362 g/mol. The van der Waals surface area contributed by atoms with Crippen molar-refractivity contribution in [1.82, 2.24) is 4.98 Å². The highest BCUT2D eigenvalue weighted by molar-refractivity contribution is 9.10. The largest absolute Gasteiger partial charge is 0.416 e. The van der Waals surface area contributed by atoms with Gasteiger partial charge in [0, 0.05) is 6.20 Å². The van der Waals surface area contributed by atoms with Crippen LogP contribution in [0.4, 0.5) is 23.2 Å². The Morgan fingerprint density at radius 1 is 1.24 bits per heavy atom. The maximum Gasteiger partial charge on any atom is 0.416 e. The highest BCUT2D eigenvalue weighted by atomic mass is 79.9. The van der Waals surface area contributed by atoms with E-state index in [-0.39, 0.29) is 10.2 Å². The number of aromatic nitrogens is 1. The number of nitrogens with one attached hydrogen (secondary N) is 1. The highest BCUT2D eigenvalue weighted by Crippen LogP contribution is 2.32. The van der Waals surface area contributed by atoms with Crippen molar-refractivity contribution in [2.75, 3.05) is 5.32 Å². The van der Waals surface area contributed by atoms with Crippen LogP contribution in [0.2, 0.25) is 0 Å². The second kappa shape index (κ2) is 5.80. The molecule has 110 valence electrons. The Balaban J connectivity index is 2.31. The van der Waals surface area contributed by atoms with Gasteiger partial charge in [0.25, 0.3) is 5.91 Å². The standard InChI is InChI=1S/C13H7BrF4N2O/c14-11-8(2-1-5-19-11)12(21)20-10-6-7(13(16,17)18)3-4-9(10)15/h1-6H,(H,20,21). The van der Waals surface area contributed by atoms with Crippen LogP contribution < -0.4 is 5.32 Å². The van der Waals surface area contributed by atoms with Gasteiger partial charge in [-0.15, -0.1) is 0 Å². The normalized spacial score (nSPS) is 11.3. The fourth-order valence-corrected chi connectivity index (χ4v) is 1.97. The van der Waals surface area contributed by atoms with Crippen LogP contribution in [0.25, 0.3) is 0 Å². The molecule has 0 saturated heterocycles. The van der Waals surface area contributed by atoms with Crippen LogP contribution in [0.15, 0.2) is 41.1 Å². The molecule has 2 rings (SSSR count). The van der Waals surface area contributed by atoms with E-state index in [2.05, 4.69) is 26.2 Å². The lowest BCUT2D eigenvalue weighted by atomic mass is 10.1. The molecule has 2 aromatic rings. The number of halogens is 5. The first-order chi connectivity index (χ1) is 9.79. The van der Waals surface area contributed by atoms with E-state index in [0.717, 1.165) is 0 Å². The third-order valence-corrected chi connectivity index (χ3v) is 3.18. The second-order valence-electron chi connectivity index (χ2n) is 3.99. The van der Waals surface area contributed by atoms with Crippen LogP contribution >= 0.6 is 15.9 Å². The van der Waals surface area contributed by atoms with E-state index in [4.69, 9.17) is 0 Å². The van der Waals surface area contributed by atoms with Crippen molar-refractivity contribution in [1.29, 1.82) is 0 Å². The van der Waals surface area contributed by atoms with Gasteiger partial charge in [0.15, 0.2) is 0 Å². The van der Waals surface area contributed by atoms with E-state index in [1.807, 2.05) is 0 Å². The third kappa shape index (κ3) is 3.57. The SMILES string of the molecule is O=C(Nc1cc(C(F)(F)F)ccc1F)c1cccnc1Br. The summed E-state index contributed by atoms with van der Waals surface area (Å²) in [7, 11) is 0. The van der Waals surface area contributed by atoms with Crippen molar-refractivity contribution in [2.24, 2.45) is 0 Å². The van der Waals surface area contributed by atoms with Crippen molar-refractivity contribution in [2.45, 2.75) is 6.18 Å². The quantitative estimate of drug-likeness (QED) is 0.640. The third-order valence-electron chi connectivity index (χ3n) is 2.55. The summed E-state index contributed by atoms with van der Waals surface area (Å²) in [6, 6.07) is 4.67. The predicted octanol–water partition coefficient (Wildman–Crippen LogP) is 4.25. The number of rotatable bonds is 2. The molecule has 0 aliphatic rings. The molecule has 1 N–H and O–H groups in total. The van der Waals surface area contributed by atoms with Crippen molar-refractivity contribution < 1.29 is 22.4 Å². The zero-order chi connectivity index (χ0) is 15.6. The van der Waals surface area contributed by atoms with Crippen molar-refractivity contribution >= 4 is 27.5 Å². The highest BCUT2D eigenvalue weighted by Gasteiger charge is 2.31. The van der Waals surface area contributed by atoms with E-state index >= 15 is 0 Å². The summed E-state index contributed by atoms with van der Waals surface area (Å²) < 4.78 is 51.4. The number of amides is 1. The van der Waals surface area contributed by atoms with Crippen LogP contribution in [0.5, 0.6) is 0 Å². The van der Waals surface area contributed by atoms with Gasteiger partial charge in [-0.3, -0.25) is 4.79 Å². The van der Waals surface area contributed by atoms with E-state index < -0.39 is 29.2 Å². The minimum Gasteiger partial charge on any atom is -0.319 e. The van der Waals surface area contributed by atoms with Gasteiger partial charge in [-0.1, -0.05) is 0 Å². The molecule has 0 aliphatic heterocycles. The van der Waals surface area contributed by atoms with Gasteiger partial charge >= 0.3 is 6.18 Å². The van der Waals surface area contributed by atoms with Crippen LogP contribution in [-0.2, 0) is 6.18 Å². The number of carbonyl (C=O) groups excluding carboxylic acids is 1. The minimum atomic E-state index is -4.62.